The number of para-hydroxylation sites is 1. The van der Waals surface area contributed by atoms with Gasteiger partial charge in [-0.1, -0.05) is 12.1 Å². The summed E-state index contributed by atoms with van der Waals surface area (Å²) in [5, 5.41) is 27.7. The predicted molar refractivity (Wildman–Crippen MR) is 124 cm³/mol. The van der Waals surface area contributed by atoms with Crippen LogP contribution in [0.15, 0.2) is 58.8 Å². The first kappa shape index (κ1) is 19.1. The van der Waals surface area contributed by atoms with Crippen molar-refractivity contribution in [1.29, 1.82) is 0 Å². The van der Waals surface area contributed by atoms with E-state index in [2.05, 4.69) is 20.2 Å². The number of anilines is 2. The fourth-order valence-corrected chi connectivity index (χ4v) is 4.85. The molecule has 0 saturated carbocycles. The number of rotatable bonds is 4. The Morgan fingerprint density at radius 1 is 1.25 bits per heavy atom. The molecular formula is C22H19N7O2S. The monoisotopic (exact) mass is 445 g/mol. The fraction of sp³-hybridized carbons (Fsp3) is 0.182. The first-order valence-corrected chi connectivity index (χ1v) is 11.0. The van der Waals surface area contributed by atoms with Crippen molar-refractivity contribution in [3.05, 3.63) is 54.0 Å². The van der Waals surface area contributed by atoms with Crippen LogP contribution in [0.4, 0.5) is 11.5 Å². The molecule has 1 saturated heterocycles. The summed E-state index contributed by atoms with van der Waals surface area (Å²) < 4.78 is 0.806. The molecule has 5 heterocycles. The lowest BCUT2D eigenvalue weighted by molar-refractivity contribution is -0.577. The van der Waals surface area contributed by atoms with Gasteiger partial charge in [-0.2, -0.15) is 4.73 Å². The van der Waals surface area contributed by atoms with Crippen LogP contribution in [0.1, 0.15) is 0 Å². The maximum Gasteiger partial charge on any atom is 0.243 e. The van der Waals surface area contributed by atoms with Crippen LogP contribution < -0.4 is 14.9 Å². The second kappa shape index (κ2) is 7.21. The second-order valence-corrected chi connectivity index (χ2v) is 8.77. The van der Waals surface area contributed by atoms with Gasteiger partial charge < -0.3 is 25.5 Å². The SMILES string of the molecule is CNc1cccc2c1[nH]c1nc(Sc3cnc4ccc[n+]([O-])c4c3)nc(N3CC(O)C3)c12. The molecule has 0 radical (unpaired) electrons. The van der Waals surface area contributed by atoms with Crippen LogP contribution in [0.2, 0.25) is 0 Å². The Morgan fingerprint density at radius 2 is 2.12 bits per heavy atom. The van der Waals surface area contributed by atoms with Gasteiger partial charge in [0, 0.05) is 48.7 Å². The zero-order valence-electron chi connectivity index (χ0n) is 17.1. The van der Waals surface area contributed by atoms with Gasteiger partial charge in [-0.15, -0.1) is 0 Å². The minimum Gasteiger partial charge on any atom is -0.618 e. The van der Waals surface area contributed by atoms with E-state index in [1.807, 2.05) is 25.2 Å². The average Bonchev–Trinajstić information content (AvgIpc) is 3.15. The number of aromatic amines is 1. The van der Waals surface area contributed by atoms with Gasteiger partial charge in [-0.05, 0) is 23.9 Å². The quantitative estimate of drug-likeness (QED) is 0.220. The molecule has 9 nitrogen and oxygen atoms in total. The highest BCUT2D eigenvalue weighted by molar-refractivity contribution is 7.99. The van der Waals surface area contributed by atoms with Crippen molar-refractivity contribution in [3.8, 4) is 0 Å². The number of aromatic nitrogens is 5. The lowest BCUT2D eigenvalue weighted by atomic mass is 10.1. The van der Waals surface area contributed by atoms with E-state index >= 15 is 0 Å². The van der Waals surface area contributed by atoms with E-state index in [1.165, 1.54) is 18.0 Å². The van der Waals surface area contributed by atoms with E-state index in [0.29, 0.717) is 29.3 Å². The van der Waals surface area contributed by atoms with E-state index in [4.69, 9.17) is 9.97 Å². The molecule has 6 rings (SSSR count). The summed E-state index contributed by atoms with van der Waals surface area (Å²) in [6.07, 6.45) is 2.82. The van der Waals surface area contributed by atoms with Gasteiger partial charge in [0.1, 0.15) is 17.0 Å². The Bertz CT molecular complexity index is 1500. The van der Waals surface area contributed by atoms with Crippen molar-refractivity contribution >= 4 is 56.2 Å². The summed E-state index contributed by atoms with van der Waals surface area (Å²) in [5.74, 6) is 0.787. The van der Waals surface area contributed by atoms with Crippen LogP contribution in [-0.4, -0.2) is 51.3 Å². The normalized spacial score (nSPS) is 14.4. The maximum absolute atomic E-state index is 12.1. The van der Waals surface area contributed by atoms with Crippen LogP contribution in [-0.2, 0) is 0 Å². The minimum absolute atomic E-state index is 0.355. The number of pyridine rings is 2. The van der Waals surface area contributed by atoms with Gasteiger partial charge in [0.25, 0.3) is 0 Å². The van der Waals surface area contributed by atoms with Gasteiger partial charge in [0.15, 0.2) is 11.4 Å². The van der Waals surface area contributed by atoms with Crippen molar-refractivity contribution in [2.24, 2.45) is 0 Å². The van der Waals surface area contributed by atoms with Gasteiger partial charge in [0.2, 0.25) is 5.52 Å². The van der Waals surface area contributed by atoms with E-state index in [9.17, 15) is 10.3 Å². The second-order valence-electron chi connectivity index (χ2n) is 7.73. The number of H-pyrrole nitrogens is 1. The first-order valence-electron chi connectivity index (χ1n) is 10.2. The predicted octanol–water partition coefficient (Wildman–Crippen LogP) is 2.67. The molecule has 1 aliphatic heterocycles. The molecule has 0 unspecified atom stereocenters. The van der Waals surface area contributed by atoms with Crippen molar-refractivity contribution < 1.29 is 9.84 Å². The highest BCUT2D eigenvalue weighted by Gasteiger charge is 2.29. The van der Waals surface area contributed by atoms with E-state index in [1.54, 1.807) is 24.4 Å². The molecule has 0 spiro atoms. The lowest BCUT2D eigenvalue weighted by Gasteiger charge is -2.37. The Labute approximate surface area is 186 Å². The third-order valence-corrected chi connectivity index (χ3v) is 6.50. The number of β-amino-alcohol motifs (C(OH)–C–C–N with tert-alkyl or cyclic N) is 1. The molecule has 0 amide bonds. The Hall–Kier alpha value is -3.63. The van der Waals surface area contributed by atoms with Gasteiger partial charge >= 0.3 is 0 Å². The first-order chi connectivity index (χ1) is 15.6. The van der Waals surface area contributed by atoms with Crippen molar-refractivity contribution in [1.82, 2.24) is 19.9 Å². The summed E-state index contributed by atoms with van der Waals surface area (Å²) in [6.45, 7) is 1.06. The number of nitrogens with one attached hydrogen (secondary N) is 2. The number of aliphatic hydroxyl groups is 1. The number of benzene rings is 1. The molecule has 5 aromatic rings. The molecular weight excluding hydrogens is 426 g/mol. The Balaban J connectivity index is 1.50. The summed E-state index contributed by atoms with van der Waals surface area (Å²) in [4.78, 5) is 20.3. The van der Waals surface area contributed by atoms with Crippen LogP contribution in [0.3, 0.4) is 0 Å². The Morgan fingerprint density at radius 3 is 2.94 bits per heavy atom. The van der Waals surface area contributed by atoms with Crippen LogP contribution in [0.25, 0.3) is 33.0 Å². The molecule has 0 bridgehead atoms. The lowest BCUT2D eigenvalue weighted by Crippen LogP contribution is -2.51. The molecule has 1 fully saturated rings. The van der Waals surface area contributed by atoms with E-state index < -0.39 is 0 Å². The van der Waals surface area contributed by atoms with Crippen LogP contribution in [0.5, 0.6) is 0 Å². The standard InChI is InChI=1S/C22H19N7O2S/c1-23-16-5-2-4-14-18-20(25-19(14)16)26-22(27-21(18)28-10-12(30)11-28)32-13-8-17-15(24-9-13)6-3-7-29(17)31/h2-9,12,23,30H,10-11H2,1H3,(H,25,26,27). The summed E-state index contributed by atoms with van der Waals surface area (Å²) in [6, 6.07) is 11.3. The van der Waals surface area contributed by atoms with Crippen LogP contribution >= 0.6 is 11.8 Å². The zero-order chi connectivity index (χ0) is 21.8. The van der Waals surface area contributed by atoms with Crippen molar-refractivity contribution in [3.63, 3.8) is 0 Å². The summed E-state index contributed by atoms with van der Waals surface area (Å²) >= 11 is 1.35. The van der Waals surface area contributed by atoms with E-state index in [0.717, 1.165) is 43.1 Å². The zero-order valence-corrected chi connectivity index (χ0v) is 17.9. The molecule has 1 aromatic carbocycles. The van der Waals surface area contributed by atoms with E-state index in [-0.39, 0.29) is 6.10 Å². The molecule has 1 aliphatic rings. The molecule has 0 aliphatic carbocycles. The summed E-state index contributed by atoms with van der Waals surface area (Å²) in [5.41, 5.74) is 3.79. The third-order valence-electron chi connectivity index (χ3n) is 5.67. The third kappa shape index (κ3) is 2.99. The molecule has 0 atom stereocenters. The number of hydrogen-bond acceptors (Lipinski definition) is 8. The smallest absolute Gasteiger partial charge is 0.243 e. The van der Waals surface area contributed by atoms with Gasteiger partial charge in [0.05, 0.1) is 22.7 Å². The van der Waals surface area contributed by atoms with Crippen molar-refractivity contribution in [2.45, 2.75) is 16.2 Å². The number of nitrogens with zero attached hydrogens (tertiary/aromatic N) is 5. The van der Waals surface area contributed by atoms with Crippen LogP contribution in [0, 0.1) is 5.21 Å². The number of aliphatic hydroxyl groups excluding tert-OH is 1. The largest absolute Gasteiger partial charge is 0.618 e. The summed E-state index contributed by atoms with van der Waals surface area (Å²) in [7, 11) is 1.88. The number of fused-ring (bicyclic) bond motifs is 4. The highest BCUT2D eigenvalue weighted by atomic mass is 32.2. The maximum atomic E-state index is 12.1. The topological polar surface area (TPSA) is 117 Å². The van der Waals surface area contributed by atoms with Gasteiger partial charge in [-0.3, -0.25) is 0 Å². The highest BCUT2D eigenvalue weighted by Crippen LogP contribution is 2.38. The Kier molecular flexibility index (Phi) is 4.30. The minimum atomic E-state index is -0.355. The average molecular weight is 446 g/mol. The number of hydrogen-bond donors (Lipinski definition) is 3. The van der Waals surface area contributed by atoms with Crippen molar-refractivity contribution in [2.75, 3.05) is 30.4 Å². The molecule has 160 valence electrons. The molecule has 10 heteroatoms. The molecule has 4 aromatic heterocycles. The molecule has 3 N–H and O–H groups in total. The molecule has 32 heavy (non-hydrogen) atoms. The van der Waals surface area contributed by atoms with Gasteiger partial charge in [-0.25, -0.2) is 15.0 Å². The fourth-order valence-electron chi connectivity index (χ4n) is 4.10.